The summed E-state index contributed by atoms with van der Waals surface area (Å²) in [5.41, 5.74) is 5.89. The molecule has 0 radical (unpaired) electrons. The highest BCUT2D eigenvalue weighted by Gasteiger charge is 2.50. The Balaban J connectivity index is 1.81. The second-order valence-corrected chi connectivity index (χ2v) is 7.67. The number of aliphatic hydroxyl groups is 1. The Hall–Kier alpha value is -0.810. The standard InChI is InChI=1S/C15H28N2O3/c1-13(2,3)20-12(19)17-10-14(11-17)4-6-15(16,7-5-14)8-9-18/h18H,4-11,16H2,1-3H3. The molecule has 2 fully saturated rings. The minimum Gasteiger partial charge on any atom is -0.444 e. The zero-order chi connectivity index (χ0) is 15.0. The number of likely N-dealkylation sites (tertiary alicyclic amines) is 1. The molecular formula is C15H28N2O3. The van der Waals surface area contributed by atoms with Gasteiger partial charge < -0.3 is 20.5 Å². The average Bonchev–Trinajstić information content (AvgIpc) is 2.25. The van der Waals surface area contributed by atoms with E-state index in [0.717, 1.165) is 38.8 Å². The summed E-state index contributed by atoms with van der Waals surface area (Å²) in [6.45, 7) is 7.40. The second-order valence-electron chi connectivity index (χ2n) is 7.67. The van der Waals surface area contributed by atoms with Crippen LogP contribution < -0.4 is 5.73 Å². The highest BCUT2D eigenvalue weighted by atomic mass is 16.6. The van der Waals surface area contributed by atoms with Crippen molar-refractivity contribution in [3.63, 3.8) is 0 Å². The lowest BCUT2D eigenvalue weighted by molar-refractivity contribution is -0.0578. The fraction of sp³-hybridized carbons (Fsp3) is 0.933. The maximum absolute atomic E-state index is 11.9. The largest absolute Gasteiger partial charge is 0.444 e. The van der Waals surface area contributed by atoms with E-state index in [9.17, 15) is 4.79 Å². The van der Waals surface area contributed by atoms with Gasteiger partial charge in [-0.25, -0.2) is 4.79 Å². The summed E-state index contributed by atoms with van der Waals surface area (Å²) in [5, 5.41) is 9.06. The highest BCUT2D eigenvalue weighted by molar-refractivity contribution is 5.69. The van der Waals surface area contributed by atoms with E-state index < -0.39 is 5.60 Å². The van der Waals surface area contributed by atoms with E-state index in [0.29, 0.717) is 6.42 Å². The van der Waals surface area contributed by atoms with E-state index in [2.05, 4.69) is 0 Å². The van der Waals surface area contributed by atoms with Crippen molar-refractivity contribution in [3.05, 3.63) is 0 Å². The molecule has 1 saturated carbocycles. The quantitative estimate of drug-likeness (QED) is 0.812. The Bertz CT molecular complexity index is 360. The average molecular weight is 284 g/mol. The van der Waals surface area contributed by atoms with Crippen LogP contribution in [0.5, 0.6) is 0 Å². The van der Waals surface area contributed by atoms with Crippen LogP contribution in [0.3, 0.4) is 0 Å². The summed E-state index contributed by atoms with van der Waals surface area (Å²) in [6, 6.07) is 0. The van der Waals surface area contributed by atoms with E-state index in [1.807, 2.05) is 20.8 Å². The van der Waals surface area contributed by atoms with Gasteiger partial charge >= 0.3 is 6.09 Å². The van der Waals surface area contributed by atoms with E-state index >= 15 is 0 Å². The number of aliphatic hydroxyl groups excluding tert-OH is 1. The zero-order valence-corrected chi connectivity index (χ0v) is 12.9. The Morgan fingerprint density at radius 3 is 2.25 bits per heavy atom. The molecule has 1 heterocycles. The molecule has 116 valence electrons. The van der Waals surface area contributed by atoms with Gasteiger partial charge in [0.25, 0.3) is 0 Å². The predicted octanol–water partition coefficient (Wildman–Crippen LogP) is 1.88. The van der Waals surface area contributed by atoms with Crippen LogP contribution in [0, 0.1) is 5.41 Å². The van der Waals surface area contributed by atoms with Crippen molar-refractivity contribution >= 4 is 6.09 Å². The minimum atomic E-state index is -0.431. The molecule has 0 aromatic rings. The van der Waals surface area contributed by atoms with Crippen molar-refractivity contribution in [1.29, 1.82) is 0 Å². The maximum Gasteiger partial charge on any atom is 0.410 e. The summed E-state index contributed by atoms with van der Waals surface area (Å²) in [5.74, 6) is 0. The van der Waals surface area contributed by atoms with Crippen molar-refractivity contribution in [2.75, 3.05) is 19.7 Å². The molecule has 1 saturated heterocycles. The Labute approximate surface area is 121 Å². The molecule has 0 bridgehead atoms. The molecule has 2 rings (SSSR count). The molecule has 1 spiro atoms. The summed E-state index contributed by atoms with van der Waals surface area (Å²) < 4.78 is 5.38. The third-order valence-electron chi connectivity index (χ3n) is 4.62. The Kier molecular flexibility index (Phi) is 4.04. The third-order valence-corrected chi connectivity index (χ3v) is 4.62. The number of hydrogen-bond acceptors (Lipinski definition) is 4. The van der Waals surface area contributed by atoms with Crippen molar-refractivity contribution in [2.24, 2.45) is 11.1 Å². The van der Waals surface area contributed by atoms with Crippen LogP contribution in [0.4, 0.5) is 4.79 Å². The molecule has 1 aliphatic heterocycles. The first-order valence-corrected chi connectivity index (χ1v) is 7.55. The van der Waals surface area contributed by atoms with Crippen LogP contribution >= 0.6 is 0 Å². The zero-order valence-electron chi connectivity index (χ0n) is 12.9. The van der Waals surface area contributed by atoms with Crippen LogP contribution in [-0.4, -0.2) is 46.9 Å². The number of hydrogen-bond donors (Lipinski definition) is 2. The molecule has 0 aromatic heterocycles. The molecule has 0 unspecified atom stereocenters. The topological polar surface area (TPSA) is 75.8 Å². The highest BCUT2D eigenvalue weighted by Crippen LogP contribution is 2.47. The van der Waals surface area contributed by atoms with Gasteiger partial charge in [0.05, 0.1) is 0 Å². The summed E-state index contributed by atoms with van der Waals surface area (Å²) in [4.78, 5) is 13.7. The SMILES string of the molecule is CC(C)(C)OC(=O)N1CC2(CCC(N)(CCO)CC2)C1. The molecule has 5 heteroatoms. The van der Waals surface area contributed by atoms with Crippen LogP contribution in [0.15, 0.2) is 0 Å². The van der Waals surface area contributed by atoms with Crippen LogP contribution in [0.25, 0.3) is 0 Å². The van der Waals surface area contributed by atoms with Crippen LogP contribution in [-0.2, 0) is 4.74 Å². The van der Waals surface area contributed by atoms with E-state index in [1.54, 1.807) is 4.90 Å². The van der Waals surface area contributed by atoms with Crippen molar-refractivity contribution in [2.45, 2.75) is 64.0 Å². The lowest BCUT2D eigenvalue weighted by Gasteiger charge is -2.55. The normalized spacial score (nSPS) is 24.4. The summed E-state index contributed by atoms with van der Waals surface area (Å²) in [7, 11) is 0. The molecule has 3 N–H and O–H groups in total. The van der Waals surface area contributed by atoms with Gasteiger partial charge in [0.2, 0.25) is 0 Å². The van der Waals surface area contributed by atoms with Gasteiger partial charge in [-0.05, 0) is 52.9 Å². The first-order valence-electron chi connectivity index (χ1n) is 7.55. The first kappa shape index (κ1) is 15.6. The number of rotatable bonds is 2. The first-order chi connectivity index (χ1) is 9.17. The monoisotopic (exact) mass is 284 g/mol. The fourth-order valence-corrected chi connectivity index (χ4v) is 3.29. The molecule has 5 nitrogen and oxygen atoms in total. The Morgan fingerprint density at radius 1 is 1.25 bits per heavy atom. The smallest absolute Gasteiger partial charge is 0.410 e. The van der Waals surface area contributed by atoms with Crippen molar-refractivity contribution in [3.8, 4) is 0 Å². The predicted molar refractivity (Wildman–Crippen MR) is 77.3 cm³/mol. The van der Waals surface area contributed by atoms with Gasteiger partial charge in [0.1, 0.15) is 5.60 Å². The number of amides is 1. The summed E-state index contributed by atoms with van der Waals surface area (Å²) >= 11 is 0. The van der Waals surface area contributed by atoms with Gasteiger partial charge in [-0.2, -0.15) is 0 Å². The van der Waals surface area contributed by atoms with E-state index in [-0.39, 0.29) is 23.7 Å². The number of carbonyl (C=O) groups is 1. The van der Waals surface area contributed by atoms with Crippen molar-refractivity contribution < 1.29 is 14.6 Å². The fourth-order valence-electron chi connectivity index (χ4n) is 3.29. The number of carbonyl (C=O) groups excluding carboxylic acids is 1. The molecule has 1 amide bonds. The second kappa shape index (κ2) is 5.19. The number of nitrogens with zero attached hydrogens (tertiary/aromatic N) is 1. The Morgan fingerprint density at radius 2 is 1.80 bits per heavy atom. The molecule has 0 atom stereocenters. The molecular weight excluding hydrogens is 256 g/mol. The van der Waals surface area contributed by atoms with Gasteiger partial charge in [-0.3, -0.25) is 0 Å². The van der Waals surface area contributed by atoms with Gasteiger partial charge in [0.15, 0.2) is 0 Å². The van der Waals surface area contributed by atoms with E-state index in [4.69, 9.17) is 15.6 Å². The van der Waals surface area contributed by atoms with Gasteiger partial charge in [-0.15, -0.1) is 0 Å². The lowest BCUT2D eigenvalue weighted by Crippen LogP contribution is -2.62. The third kappa shape index (κ3) is 3.44. The molecule has 20 heavy (non-hydrogen) atoms. The van der Waals surface area contributed by atoms with Crippen LogP contribution in [0.2, 0.25) is 0 Å². The maximum atomic E-state index is 11.9. The van der Waals surface area contributed by atoms with Crippen LogP contribution in [0.1, 0.15) is 52.9 Å². The minimum absolute atomic E-state index is 0.160. The van der Waals surface area contributed by atoms with Gasteiger partial charge in [0, 0.05) is 30.7 Å². The van der Waals surface area contributed by atoms with E-state index in [1.165, 1.54) is 0 Å². The van der Waals surface area contributed by atoms with Crippen molar-refractivity contribution in [1.82, 2.24) is 4.90 Å². The lowest BCUT2D eigenvalue weighted by atomic mass is 9.63. The number of ether oxygens (including phenoxy) is 1. The number of nitrogens with two attached hydrogens (primary N) is 1. The van der Waals surface area contributed by atoms with Gasteiger partial charge in [-0.1, -0.05) is 0 Å². The summed E-state index contributed by atoms with van der Waals surface area (Å²) in [6.07, 6.45) is 4.44. The molecule has 0 aromatic carbocycles. The molecule has 1 aliphatic carbocycles. The molecule has 2 aliphatic rings.